The molecule has 5 heteroatoms. The number of rotatable bonds is 6. The van der Waals surface area contributed by atoms with Gasteiger partial charge in [0.15, 0.2) is 0 Å². The van der Waals surface area contributed by atoms with Crippen molar-refractivity contribution in [1.29, 1.82) is 0 Å². The molecule has 0 atom stereocenters. The lowest BCUT2D eigenvalue weighted by atomic mass is 10.1. The molecular weight excluding hydrogens is 292 g/mol. The number of phenolic OH excluding ortho intramolecular Hbond substituents is 1. The minimum atomic E-state index is -0.221. The van der Waals surface area contributed by atoms with E-state index in [1.165, 1.54) is 0 Å². The van der Waals surface area contributed by atoms with Crippen LogP contribution >= 0.6 is 0 Å². The monoisotopic (exact) mass is 312 g/mol. The lowest BCUT2D eigenvalue weighted by molar-refractivity contribution is -0.120. The van der Waals surface area contributed by atoms with Gasteiger partial charge in [0, 0.05) is 0 Å². The van der Waals surface area contributed by atoms with E-state index in [1.54, 1.807) is 30.5 Å². The number of hydrazone groups is 1. The fourth-order valence-electron chi connectivity index (χ4n) is 1.96. The van der Waals surface area contributed by atoms with E-state index in [-0.39, 0.29) is 24.2 Å². The predicted molar refractivity (Wildman–Crippen MR) is 89.8 cm³/mol. The summed E-state index contributed by atoms with van der Waals surface area (Å²) < 4.78 is 5.60. The van der Waals surface area contributed by atoms with Gasteiger partial charge in [-0.2, -0.15) is 5.10 Å². The Labute approximate surface area is 135 Å². The summed E-state index contributed by atoms with van der Waals surface area (Å²) in [7, 11) is 0. The molecule has 0 aliphatic heterocycles. The van der Waals surface area contributed by atoms with Crippen LogP contribution in [0.2, 0.25) is 0 Å². The van der Waals surface area contributed by atoms with Gasteiger partial charge in [0.25, 0.3) is 0 Å². The molecule has 2 aromatic rings. The second-order valence-electron chi connectivity index (χ2n) is 5.38. The third kappa shape index (κ3) is 5.82. The van der Waals surface area contributed by atoms with Crippen molar-refractivity contribution < 1.29 is 14.6 Å². The highest BCUT2D eigenvalue weighted by Gasteiger charge is 2.02. The van der Waals surface area contributed by atoms with Crippen LogP contribution in [0.5, 0.6) is 11.5 Å². The van der Waals surface area contributed by atoms with Gasteiger partial charge in [-0.1, -0.05) is 24.3 Å². The number of carbonyl (C=O) groups excluding carboxylic acids is 1. The first-order chi connectivity index (χ1) is 11.0. The van der Waals surface area contributed by atoms with Gasteiger partial charge in [0.05, 0.1) is 18.7 Å². The predicted octanol–water partition coefficient (Wildman–Crippen LogP) is 2.87. The number of carbonyl (C=O) groups is 1. The van der Waals surface area contributed by atoms with Crippen molar-refractivity contribution in [2.45, 2.75) is 26.4 Å². The van der Waals surface area contributed by atoms with Crippen LogP contribution < -0.4 is 10.2 Å². The molecule has 2 aromatic carbocycles. The zero-order valence-corrected chi connectivity index (χ0v) is 13.2. The Morgan fingerprint density at radius 2 is 2.00 bits per heavy atom. The molecule has 0 heterocycles. The van der Waals surface area contributed by atoms with Gasteiger partial charge in [-0.25, -0.2) is 5.43 Å². The Morgan fingerprint density at radius 3 is 2.70 bits per heavy atom. The Kier molecular flexibility index (Phi) is 5.74. The van der Waals surface area contributed by atoms with Crippen molar-refractivity contribution in [3.63, 3.8) is 0 Å². The summed E-state index contributed by atoms with van der Waals surface area (Å²) >= 11 is 0. The van der Waals surface area contributed by atoms with Gasteiger partial charge in [-0.15, -0.1) is 0 Å². The van der Waals surface area contributed by atoms with E-state index in [0.717, 1.165) is 16.9 Å². The molecule has 0 saturated heterocycles. The van der Waals surface area contributed by atoms with Gasteiger partial charge in [0.1, 0.15) is 11.5 Å². The van der Waals surface area contributed by atoms with E-state index >= 15 is 0 Å². The number of benzene rings is 2. The topological polar surface area (TPSA) is 70.9 Å². The molecule has 0 unspecified atom stereocenters. The summed E-state index contributed by atoms with van der Waals surface area (Å²) in [6, 6.07) is 14.0. The number of amides is 1. The second-order valence-corrected chi connectivity index (χ2v) is 5.38. The lowest BCUT2D eigenvalue weighted by Gasteiger charge is -2.09. The van der Waals surface area contributed by atoms with Crippen molar-refractivity contribution in [2.75, 3.05) is 0 Å². The molecule has 23 heavy (non-hydrogen) atoms. The SMILES string of the molecule is CC(C)Oc1cccc(/C=N\NC(=O)Cc2ccc(O)cc2)c1. The zero-order chi connectivity index (χ0) is 16.7. The Bertz CT molecular complexity index is 679. The number of ether oxygens (including phenoxy) is 1. The number of hydrogen-bond donors (Lipinski definition) is 2. The maximum Gasteiger partial charge on any atom is 0.244 e. The van der Waals surface area contributed by atoms with Crippen LogP contribution in [-0.4, -0.2) is 23.3 Å². The molecule has 0 aromatic heterocycles. The zero-order valence-electron chi connectivity index (χ0n) is 13.2. The highest BCUT2D eigenvalue weighted by Crippen LogP contribution is 2.13. The number of phenols is 1. The fourth-order valence-corrected chi connectivity index (χ4v) is 1.96. The van der Waals surface area contributed by atoms with Gasteiger partial charge in [0.2, 0.25) is 5.91 Å². The molecule has 0 radical (unpaired) electrons. The van der Waals surface area contributed by atoms with Crippen LogP contribution in [0.3, 0.4) is 0 Å². The van der Waals surface area contributed by atoms with Crippen LogP contribution in [0.4, 0.5) is 0 Å². The minimum absolute atomic E-state index is 0.104. The van der Waals surface area contributed by atoms with Crippen molar-refractivity contribution in [1.82, 2.24) is 5.43 Å². The van der Waals surface area contributed by atoms with E-state index in [0.29, 0.717) is 0 Å². The van der Waals surface area contributed by atoms with E-state index < -0.39 is 0 Å². The molecule has 1 amide bonds. The van der Waals surface area contributed by atoms with E-state index in [2.05, 4.69) is 10.5 Å². The van der Waals surface area contributed by atoms with Crippen LogP contribution in [-0.2, 0) is 11.2 Å². The molecule has 2 N–H and O–H groups in total. The van der Waals surface area contributed by atoms with Crippen molar-refractivity contribution in [2.24, 2.45) is 5.10 Å². The van der Waals surface area contributed by atoms with Crippen LogP contribution in [0.1, 0.15) is 25.0 Å². The molecule has 120 valence electrons. The third-order valence-electron chi connectivity index (χ3n) is 2.93. The van der Waals surface area contributed by atoms with Crippen molar-refractivity contribution in [3.8, 4) is 11.5 Å². The first kappa shape index (κ1) is 16.5. The minimum Gasteiger partial charge on any atom is -0.508 e. The molecule has 5 nitrogen and oxygen atoms in total. The van der Waals surface area contributed by atoms with Crippen LogP contribution in [0, 0.1) is 0 Å². The number of hydrogen-bond acceptors (Lipinski definition) is 4. The van der Waals surface area contributed by atoms with E-state index in [1.807, 2.05) is 38.1 Å². The summed E-state index contributed by atoms with van der Waals surface area (Å²) in [5.74, 6) is 0.719. The average Bonchev–Trinajstić information content (AvgIpc) is 2.49. The Morgan fingerprint density at radius 1 is 1.26 bits per heavy atom. The standard InChI is InChI=1S/C18H20N2O3/c1-13(2)23-17-5-3-4-15(10-17)12-19-20-18(22)11-14-6-8-16(21)9-7-14/h3-10,12-13,21H,11H2,1-2H3,(H,20,22)/b19-12-. The molecule has 0 aliphatic rings. The maximum atomic E-state index is 11.8. The molecule has 0 fully saturated rings. The Balaban J connectivity index is 1.88. The first-order valence-corrected chi connectivity index (χ1v) is 7.39. The van der Waals surface area contributed by atoms with Gasteiger partial charge in [-0.3, -0.25) is 4.79 Å². The molecule has 0 aliphatic carbocycles. The smallest absolute Gasteiger partial charge is 0.244 e. The highest BCUT2D eigenvalue weighted by molar-refractivity contribution is 5.83. The number of nitrogens with one attached hydrogen (secondary N) is 1. The van der Waals surface area contributed by atoms with Gasteiger partial charge in [-0.05, 0) is 49.2 Å². The molecular formula is C18H20N2O3. The number of nitrogens with zero attached hydrogens (tertiary/aromatic N) is 1. The number of aromatic hydroxyl groups is 1. The van der Waals surface area contributed by atoms with Crippen molar-refractivity contribution in [3.05, 3.63) is 59.7 Å². The summed E-state index contributed by atoms with van der Waals surface area (Å²) in [6.07, 6.45) is 1.88. The van der Waals surface area contributed by atoms with E-state index in [4.69, 9.17) is 4.74 Å². The van der Waals surface area contributed by atoms with Crippen LogP contribution in [0.25, 0.3) is 0 Å². The molecule has 0 bridgehead atoms. The summed E-state index contributed by atoms with van der Waals surface area (Å²) in [4.78, 5) is 11.8. The summed E-state index contributed by atoms with van der Waals surface area (Å²) in [5.41, 5.74) is 4.13. The van der Waals surface area contributed by atoms with Gasteiger partial charge >= 0.3 is 0 Å². The first-order valence-electron chi connectivity index (χ1n) is 7.39. The van der Waals surface area contributed by atoms with Crippen molar-refractivity contribution >= 4 is 12.1 Å². The largest absolute Gasteiger partial charge is 0.508 e. The average molecular weight is 312 g/mol. The normalized spacial score (nSPS) is 10.9. The fraction of sp³-hybridized carbons (Fsp3) is 0.222. The maximum absolute atomic E-state index is 11.8. The molecule has 2 rings (SSSR count). The quantitative estimate of drug-likeness (QED) is 0.636. The third-order valence-corrected chi connectivity index (χ3v) is 2.93. The van der Waals surface area contributed by atoms with Gasteiger partial charge < -0.3 is 9.84 Å². The highest BCUT2D eigenvalue weighted by atomic mass is 16.5. The summed E-state index contributed by atoms with van der Waals surface area (Å²) in [5, 5.41) is 13.1. The molecule has 0 saturated carbocycles. The van der Waals surface area contributed by atoms with E-state index in [9.17, 15) is 9.90 Å². The lowest BCUT2D eigenvalue weighted by Crippen LogP contribution is -2.19. The second kappa shape index (κ2) is 7.98. The Hall–Kier alpha value is -2.82. The van der Waals surface area contributed by atoms with Crippen LogP contribution in [0.15, 0.2) is 53.6 Å². The molecule has 0 spiro atoms. The summed E-state index contributed by atoms with van der Waals surface area (Å²) in [6.45, 7) is 3.93.